The molecule has 0 spiro atoms. The Morgan fingerprint density at radius 2 is 1.25 bits per heavy atom. The van der Waals surface area contributed by atoms with Crippen LogP contribution >= 0.6 is 15.9 Å². The highest BCUT2D eigenvalue weighted by atomic mass is 79.9. The molecule has 280 valence electrons. The Balaban J connectivity index is 0.000000156. The maximum absolute atomic E-state index is 10.5. The monoisotopic (exact) mass is 802 g/mol. The number of fused-ring (bicyclic) bond motifs is 2. The van der Waals surface area contributed by atoms with Gasteiger partial charge < -0.3 is 40.3 Å². The van der Waals surface area contributed by atoms with Crippen molar-refractivity contribution in [3.8, 4) is 24.2 Å². The molecule has 0 fully saturated rings. The van der Waals surface area contributed by atoms with Gasteiger partial charge in [-0.3, -0.25) is 0 Å². The van der Waals surface area contributed by atoms with E-state index in [2.05, 4.69) is 91.6 Å². The van der Waals surface area contributed by atoms with Gasteiger partial charge in [0.2, 0.25) is 23.7 Å². The summed E-state index contributed by atoms with van der Waals surface area (Å²) in [5.41, 5.74) is 14.0. The van der Waals surface area contributed by atoms with E-state index in [-0.39, 0.29) is 17.7 Å². The van der Waals surface area contributed by atoms with Crippen molar-refractivity contribution in [2.24, 2.45) is 0 Å². The molecule has 0 bridgehead atoms. The molecule has 15 heteroatoms. The van der Waals surface area contributed by atoms with E-state index in [9.17, 15) is 10.2 Å². The number of aromatic nitrogens is 6. The number of terminal acetylenes is 1. The van der Waals surface area contributed by atoms with Gasteiger partial charge in [0.1, 0.15) is 23.2 Å². The summed E-state index contributed by atoms with van der Waals surface area (Å²) >= 11 is 3.50. The summed E-state index contributed by atoms with van der Waals surface area (Å²) < 4.78 is 11.5. The quantitative estimate of drug-likeness (QED) is 0.159. The Kier molecular flexibility index (Phi) is 11.2. The van der Waals surface area contributed by atoms with E-state index < -0.39 is 11.2 Å². The molecule has 0 radical (unpaired) electrons. The first-order valence-corrected chi connectivity index (χ1v) is 18.0. The van der Waals surface area contributed by atoms with Gasteiger partial charge in [0.15, 0.2) is 11.2 Å². The number of nitrogens with two attached hydrogens (primary N) is 2. The lowest BCUT2D eigenvalue weighted by Gasteiger charge is -2.18. The third-order valence-electron chi connectivity index (χ3n) is 8.60. The van der Waals surface area contributed by atoms with Gasteiger partial charge in [0.25, 0.3) is 0 Å². The fraction of sp³-hybridized carbons (Fsp3) is 0.250. The molecule has 6 N–H and O–H groups in total. The van der Waals surface area contributed by atoms with Crippen molar-refractivity contribution in [3.63, 3.8) is 0 Å². The highest BCUT2D eigenvalue weighted by molar-refractivity contribution is 9.10. The van der Waals surface area contributed by atoms with Gasteiger partial charge in [-0.2, -0.15) is 9.97 Å². The van der Waals surface area contributed by atoms with Crippen LogP contribution in [0.5, 0.6) is 0 Å². The summed E-state index contributed by atoms with van der Waals surface area (Å²) in [6, 6.07) is 16.0. The topological polar surface area (TPSA) is 203 Å². The number of rotatable bonds is 4. The fourth-order valence-corrected chi connectivity index (χ4v) is 6.13. The Hall–Kier alpha value is -6.26. The Bertz CT molecular complexity index is 2420. The van der Waals surface area contributed by atoms with E-state index in [1.165, 1.54) is 29.9 Å². The van der Waals surface area contributed by atoms with E-state index in [1.807, 2.05) is 30.3 Å². The van der Waals surface area contributed by atoms with Crippen LogP contribution in [0.2, 0.25) is 0 Å². The van der Waals surface area contributed by atoms with Crippen LogP contribution in [-0.4, -0.2) is 53.2 Å². The van der Waals surface area contributed by atoms with Crippen LogP contribution in [0.25, 0.3) is 0 Å². The average molecular weight is 804 g/mol. The standard InChI is InChI=1S/C20H19N5O2.C12H11BrN4.C8H9NO2/c1-13-12-23-18(27-13)20(2,26)8-5-14-3-4-15-7-10-25(16(15)11-14)17-6-9-22-19(21)24-17;13-9-2-1-8-4-6-17(10(8)7-9)11-3-5-15-12(14)16-11;1-4-8(3,10)7-9-5-6(2)11-7/h3-4,6,9,11-12,26H,7,10H2,1-2H3,(H2,21,22,24);1-3,5,7H,4,6H2,(H2,14,15,16);1,5,10H,2-3H3. The highest BCUT2D eigenvalue weighted by Crippen LogP contribution is 2.36. The van der Waals surface area contributed by atoms with Crippen LogP contribution in [0.4, 0.5) is 34.9 Å². The maximum atomic E-state index is 10.5. The number of benzene rings is 2. The average Bonchev–Trinajstić information content (AvgIpc) is 3.98. The third-order valence-corrected chi connectivity index (χ3v) is 9.10. The lowest BCUT2D eigenvalue weighted by Crippen LogP contribution is -2.18. The number of oxazole rings is 2. The Labute approximate surface area is 326 Å². The summed E-state index contributed by atoms with van der Waals surface area (Å²) in [4.78, 5) is 28.5. The van der Waals surface area contributed by atoms with E-state index in [0.29, 0.717) is 17.5 Å². The number of anilines is 6. The summed E-state index contributed by atoms with van der Waals surface area (Å²) in [5.74, 6) is 11.8. The minimum absolute atomic E-state index is 0.164. The van der Waals surface area contributed by atoms with Crippen LogP contribution < -0.4 is 21.3 Å². The van der Waals surface area contributed by atoms with Gasteiger partial charge in [0.05, 0.1) is 12.4 Å². The molecule has 4 aromatic heterocycles. The van der Waals surface area contributed by atoms with E-state index in [0.717, 1.165) is 53.3 Å². The predicted octanol–water partition coefficient (Wildman–Crippen LogP) is 5.65. The molecule has 55 heavy (non-hydrogen) atoms. The van der Waals surface area contributed by atoms with Crippen molar-refractivity contribution in [1.82, 2.24) is 29.9 Å². The minimum atomic E-state index is -1.46. The first-order valence-electron chi connectivity index (χ1n) is 17.2. The van der Waals surface area contributed by atoms with Gasteiger partial charge in [-0.25, -0.2) is 19.9 Å². The number of nitrogens with zero attached hydrogens (tertiary/aromatic N) is 8. The van der Waals surface area contributed by atoms with Gasteiger partial charge in [-0.15, -0.1) is 6.42 Å². The molecule has 8 rings (SSSR count). The number of hydrogen-bond acceptors (Lipinski definition) is 14. The van der Waals surface area contributed by atoms with Crippen molar-refractivity contribution in [2.45, 2.75) is 51.7 Å². The van der Waals surface area contributed by atoms with Crippen LogP contribution in [0.15, 0.2) is 86.6 Å². The van der Waals surface area contributed by atoms with Gasteiger partial charge in [0, 0.05) is 46.9 Å². The summed E-state index contributed by atoms with van der Waals surface area (Å²) in [6.45, 7) is 8.28. The molecular formula is C40H39BrN10O4. The van der Waals surface area contributed by atoms with Crippen molar-refractivity contribution in [1.29, 1.82) is 0 Å². The number of halogens is 1. The molecule has 2 aromatic carbocycles. The molecule has 2 unspecified atom stereocenters. The molecule has 0 saturated heterocycles. The molecule has 6 aromatic rings. The second-order valence-corrected chi connectivity index (χ2v) is 14.0. The Morgan fingerprint density at radius 3 is 1.75 bits per heavy atom. The maximum Gasteiger partial charge on any atom is 0.239 e. The predicted molar refractivity (Wildman–Crippen MR) is 212 cm³/mol. The van der Waals surface area contributed by atoms with E-state index in [1.54, 1.807) is 39.4 Å². The molecule has 0 amide bonds. The SMILES string of the molecule is C#CC(C)(O)c1ncc(C)o1.Cc1cnc(C(C)(O)C#Cc2ccc3c(c2)N(c2ccnc(N)n2)CC3)o1.Nc1nccc(N2CCc3ccc(Br)cc32)n1. The smallest absolute Gasteiger partial charge is 0.239 e. The summed E-state index contributed by atoms with van der Waals surface area (Å²) in [7, 11) is 0. The van der Waals surface area contributed by atoms with Crippen molar-refractivity contribution in [3.05, 3.63) is 118 Å². The van der Waals surface area contributed by atoms with Crippen LogP contribution in [0, 0.1) is 38.0 Å². The number of nitrogen functional groups attached to an aromatic ring is 2. The largest absolute Gasteiger partial charge is 0.442 e. The second kappa shape index (κ2) is 16.0. The number of hydrogen-bond donors (Lipinski definition) is 4. The van der Waals surface area contributed by atoms with Crippen molar-refractivity contribution < 1.29 is 19.0 Å². The van der Waals surface area contributed by atoms with Crippen LogP contribution in [0.1, 0.15) is 53.8 Å². The van der Waals surface area contributed by atoms with Crippen LogP contribution in [-0.2, 0) is 24.0 Å². The zero-order chi connectivity index (χ0) is 39.3. The van der Waals surface area contributed by atoms with Gasteiger partial charge in [-0.1, -0.05) is 45.8 Å². The fourth-order valence-electron chi connectivity index (χ4n) is 5.78. The second-order valence-electron chi connectivity index (χ2n) is 13.1. The zero-order valence-corrected chi connectivity index (χ0v) is 32.2. The molecule has 2 atom stereocenters. The molecule has 14 nitrogen and oxygen atoms in total. The van der Waals surface area contributed by atoms with Crippen LogP contribution in [0.3, 0.4) is 0 Å². The number of aliphatic hydroxyl groups is 2. The first-order chi connectivity index (χ1) is 26.2. The third kappa shape index (κ3) is 9.10. The molecule has 6 heterocycles. The molecule has 2 aliphatic rings. The Morgan fingerprint density at radius 1 is 0.745 bits per heavy atom. The minimum Gasteiger partial charge on any atom is -0.442 e. The highest BCUT2D eigenvalue weighted by Gasteiger charge is 2.27. The van der Waals surface area contributed by atoms with Gasteiger partial charge in [-0.05, 0) is 88.1 Å². The zero-order valence-electron chi connectivity index (χ0n) is 30.7. The molecule has 0 aliphatic carbocycles. The summed E-state index contributed by atoms with van der Waals surface area (Å²) in [5, 5.41) is 20.0. The lowest BCUT2D eigenvalue weighted by molar-refractivity contribution is 0.0881. The van der Waals surface area contributed by atoms with E-state index >= 15 is 0 Å². The molecule has 2 aliphatic heterocycles. The van der Waals surface area contributed by atoms with Crippen molar-refractivity contribution in [2.75, 3.05) is 34.4 Å². The van der Waals surface area contributed by atoms with Gasteiger partial charge >= 0.3 is 0 Å². The lowest BCUT2D eigenvalue weighted by atomic mass is 10.1. The van der Waals surface area contributed by atoms with E-state index in [4.69, 9.17) is 26.7 Å². The molecule has 0 saturated carbocycles. The van der Waals surface area contributed by atoms with Crippen molar-refractivity contribution >= 4 is 50.8 Å². The first kappa shape index (κ1) is 38.5. The summed E-state index contributed by atoms with van der Waals surface area (Å²) in [6.07, 6.45) is 13.4. The number of aryl methyl sites for hydroxylation is 2. The molecular weight excluding hydrogens is 764 g/mol. The normalized spacial score (nSPS) is 14.7.